The molecular formula is C24H22N6OS. The summed E-state index contributed by atoms with van der Waals surface area (Å²) < 4.78 is 1.92. The molecule has 4 aromatic rings. The van der Waals surface area contributed by atoms with Crippen molar-refractivity contribution in [2.75, 3.05) is 0 Å². The number of hydrogen-bond acceptors (Lipinski definition) is 6. The zero-order valence-corrected chi connectivity index (χ0v) is 18.6. The van der Waals surface area contributed by atoms with Crippen LogP contribution in [-0.2, 0) is 5.75 Å². The second-order valence-corrected chi connectivity index (χ2v) is 8.12. The zero-order valence-electron chi connectivity index (χ0n) is 17.8. The number of imidazole rings is 1. The van der Waals surface area contributed by atoms with Gasteiger partial charge >= 0.3 is 0 Å². The van der Waals surface area contributed by atoms with E-state index in [9.17, 15) is 4.79 Å². The van der Waals surface area contributed by atoms with E-state index in [0.29, 0.717) is 5.56 Å². The van der Waals surface area contributed by atoms with E-state index in [1.54, 1.807) is 42.6 Å². The van der Waals surface area contributed by atoms with E-state index in [2.05, 4.69) is 25.5 Å². The zero-order chi connectivity index (χ0) is 22.3. The van der Waals surface area contributed by atoms with Crippen molar-refractivity contribution in [3.8, 4) is 5.69 Å². The number of carbonyl (C=O) groups is 1. The third-order valence-electron chi connectivity index (χ3n) is 4.62. The number of aromatic nitrogens is 4. The molecule has 4 rings (SSSR count). The highest BCUT2D eigenvalue weighted by Crippen LogP contribution is 2.20. The molecule has 2 aromatic carbocycles. The quantitative estimate of drug-likeness (QED) is 0.199. The largest absolute Gasteiger partial charge is 0.306 e. The SMILES string of the molecule is Cc1cc(C)nc(SCc2ccc(C(=O)N/N=C/c3ccc(-n4ccnc4)cc3)cc2)n1. The summed E-state index contributed by atoms with van der Waals surface area (Å²) in [5, 5.41) is 4.82. The Kier molecular flexibility index (Phi) is 6.72. The molecular weight excluding hydrogens is 420 g/mol. The molecule has 0 fully saturated rings. The number of nitrogens with zero attached hydrogens (tertiary/aromatic N) is 5. The van der Waals surface area contributed by atoms with Crippen molar-refractivity contribution in [2.24, 2.45) is 5.10 Å². The molecule has 1 amide bonds. The molecule has 8 heteroatoms. The summed E-state index contributed by atoms with van der Waals surface area (Å²) in [6.45, 7) is 3.93. The third-order valence-corrected chi connectivity index (χ3v) is 5.54. The van der Waals surface area contributed by atoms with E-state index >= 15 is 0 Å². The Labute approximate surface area is 190 Å². The van der Waals surface area contributed by atoms with Gasteiger partial charge < -0.3 is 4.57 Å². The summed E-state index contributed by atoms with van der Waals surface area (Å²) in [7, 11) is 0. The van der Waals surface area contributed by atoms with Crippen molar-refractivity contribution in [1.82, 2.24) is 24.9 Å². The smallest absolute Gasteiger partial charge is 0.271 e. The predicted octanol–water partition coefficient (Wildman–Crippen LogP) is 4.34. The van der Waals surface area contributed by atoms with Crippen LogP contribution in [0.5, 0.6) is 0 Å². The minimum Gasteiger partial charge on any atom is -0.306 e. The van der Waals surface area contributed by atoms with Gasteiger partial charge in [-0.1, -0.05) is 36.0 Å². The normalized spacial score (nSPS) is 11.1. The van der Waals surface area contributed by atoms with Crippen molar-refractivity contribution >= 4 is 23.9 Å². The molecule has 0 aliphatic rings. The van der Waals surface area contributed by atoms with Crippen LogP contribution in [0.4, 0.5) is 0 Å². The van der Waals surface area contributed by atoms with Gasteiger partial charge in [0.15, 0.2) is 5.16 Å². The summed E-state index contributed by atoms with van der Waals surface area (Å²) >= 11 is 1.58. The molecule has 0 aliphatic heterocycles. The molecule has 0 spiro atoms. The lowest BCUT2D eigenvalue weighted by Gasteiger charge is -2.05. The second-order valence-electron chi connectivity index (χ2n) is 7.18. The number of aryl methyl sites for hydroxylation is 2. The summed E-state index contributed by atoms with van der Waals surface area (Å²) in [6.07, 6.45) is 6.97. The van der Waals surface area contributed by atoms with Gasteiger partial charge in [-0.25, -0.2) is 20.4 Å². The Morgan fingerprint density at radius 1 is 1.06 bits per heavy atom. The molecule has 0 saturated heterocycles. The molecule has 0 bridgehead atoms. The summed E-state index contributed by atoms with van der Waals surface area (Å²) in [5.74, 6) is 0.478. The van der Waals surface area contributed by atoms with Crippen LogP contribution in [0.15, 0.2) is 83.6 Å². The highest BCUT2D eigenvalue weighted by Gasteiger charge is 2.06. The minimum atomic E-state index is -0.256. The van der Waals surface area contributed by atoms with Crippen molar-refractivity contribution in [1.29, 1.82) is 0 Å². The Hall–Kier alpha value is -3.78. The van der Waals surface area contributed by atoms with Crippen LogP contribution in [0, 0.1) is 13.8 Å². The third kappa shape index (κ3) is 5.67. The number of rotatable bonds is 7. The molecule has 2 heterocycles. The van der Waals surface area contributed by atoms with Crippen LogP contribution in [0.3, 0.4) is 0 Å². The van der Waals surface area contributed by atoms with Gasteiger partial charge in [-0.3, -0.25) is 4.79 Å². The molecule has 2 aromatic heterocycles. The van der Waals surface area contributed by atoms with E-state index in [1.165, 1.54) is 0 Å². The lowest BCUT2D eigenvalue weighted by atomic mass is 10.1. The van der Waals surface area contributed by atoms with E-state index in [1.807, 2.05) is 67.1 Å². The second kappa shape index (κ2) is 10.0. The first-order valence-electron chi connectivity index (χ1n) is 10.0. The number of carbonyl (C=O) groups excluding carboxylic acids is 1. The summed E-state index contributed by atoms with van der Waals surface area (Å²) in [6, 6.07) is 17.2. The van der Waals surface area contributed by atoms with Crippen molar-refractivity contribution in [3.63, 3.8) is 0 Å². The van der Waals surface area contributed by atoms with Crippen LogP contribution >= 0.6 is 11.8 Å². The highest BCUT2D eigenvalue weighted by molar-refractivity contribution is 7.98. The van der Waals surface area contributed by atoms with Crippen LogP contribution in [0.1, 0.15) is 32.9 Å². The molecule has 0 radical (unpaired) electrons. The number of nitrogens with one attached hydrogen (secondary N) is 1. The van der Waals surface area contributed by atoms with Crippen molar-refractivity contribution < 1.29 is 4.79 Å². The summed E-state index contributed by atoms with van der Waals surface area (Å²) in [4.78, 5) is 25.3. The first-order chi connectivity index (χ1) is 15.6. The van der Waals surface area contributed by atoms with E-state index in [0.717, 1.165) is 39.1 Å². The maximum atomic E-state index is 12.3. The first kappa shape index (κ1) is 21.5. The average molecular weight is 443 g/mol. The fourth-order valence-electron chi connectivity index (χ4n) is 3.03. The molecule has 0 saturated carbocycles. The van der Waals surface area contributed by atoms with Crippen molar-refractivity contribution in [3.05, 3.63) is 101 Å². The Balaban J connectivity index is 1.29. The standard InChI is InChI=1S/C24H22N6OS/c1-17-13-18(2)28-24(27-17)32-15-20-3-7-21(8-4-20)23(31)29-26-14-19-5-9-22(10-6-19)30-12-11-25-16-30/h3-14,16H,15H2,1-2H3,(H,29,31)/b26-14+. The predicted molar refractivity (Wildman–Crippen MR) is 126 cm³/mol. The van der Waals surface area contributed by atoms with Gasteiger partial charge in [-0.2, -0.15) is 5.10 Å². The van der Waals surface area contributed by atoms with E-state index < -0.39 is 0 Å². The summed E-state index contributed by atoms with van der Waals surface area (Å²) in [5.41, 5.74) is 8.02. The molecule has 7 nitrogen and oxygen atoms in total. The van der Waals surface area contributed by atoms with Crippen LogP contribution in [0.2, 0.25) is 0 Å². The van der Waals surface area contributed by atoms with Crippen LogP contribution in [0.25, 0.3) is 5.69 Å². The monoisotopic (exact) mass is 442 g/mol. The lowest BCUT2D eigenvalue weighted by molar-refractivity contribution is 0.0955. The van der Waals surface area contributed by atoms with E-state index in [4.69, 9.17) is 0 Å². The Morgan fingerprint density at radius 3 is 2.44 bits per heavy atom. The van der Waals surface area contributed by atoms with Gasteiger partial charge in [0.25, 0.3) is 5.91 Å². The molecule has 1 N–H and O–H groups in total. The van der Waals surface area contributed by atoms with Gasteiger partial charge in [-0.15, -0.1) is 0 Å². The van der Waals surface area contributed by atoms with Crippen molar-refractivity contribution in [2.45, 2.75) is 24.8 Å². The van der Waals surface area contributed by atoms with Crippen LogP contribution < -0.4 is 5.43 Å². The number of hydrazone groups is 1. The van der Waals surface area contributed by atoms with Gasteiger partial charge in [0.1, 0.15) is 0 Å². The van der Waals surface area contributed by atoms with Gasteiger partial charge in [0.2, 0.25) is 0 Å². The van der Waals surface area contributed by atoms with Crippen LogP contribution in [-0.4, -0.2) is 31.6 Å². The topological polar surface area (TPSA) is 85.1 Å². The number of benzene rings is 2. The fraction of sp³-hybridized carbons (Fsp3) is 0.125. The molecule has 0 atom stereocenters. The van der Waals surface area contributed by atoms with Gasteiger partial charge in [-0.05, 0) is 55.3 Å². The van der Waals surface area contributed by atoms with E-state index in [-0.39, 0.29) is 5.91 Å². The first-order valence-corrected chi connectivity index (χ1v) is 11.0. The number of hydrogen-bond donors (Lipinski definition) is 1. The van der Waals surface area contributed by atoms with Gasteiger partial charge in [0, 0.05) is 40.8 Å². The number of amides is 1. The maximum Gasteiger partial charge on any atom is 0.271 e. The molecule has 0 aliphatic carbocycles. The molecule has 32 heavy (non-hydrogen) atoms. The fourth-order valence-corrected chi connectivity index (χ4v) is 3.94. The molecule has 0 unspecified atom stereocenters. The maximum absolute atomic E-state index is 12.3. The lowest BCUT2D eigenvalue weighted by Crippen LogP contribution is -2.17. The number of thioether (sulfide) groups is 1. The molecule has 160 valence electrons. The Bertz CT molecular complexity index is 1200. The highest BCUT2D eigenvalue weighted by atomic mass is 32.2. The Morgan fingerprint density at radius 2 is 1.78 bits per heavy atom. The average Bonchev–Trinajstić information content (AvgIpc) is 3.33. The van der Waals surface area contributed by atoms with Gasteiger partial charge in [0.05, 0.1) is 12.5 Å². The minimum absolute atomic E-state index is 0.256.